The third-order valence-corrected chi connectivity index (χ3v) is 4.20. The normalized spacial score (nSPS) is 18.3. The van der Waals surface area contributed by atoms with Crippen LogP contribution in [0, 0.1) is 10.1 Å². The maximum absolute atomic E-state index is 11.3. The van der Waals surface area contributed by atoms with Crippen molar-refractivity contribution in [1.29, 1.82) is 0 Å². The Morgan fingerprint density at radius 1 is 1.48 bits per heavy atom. The summed E-state index contributed by atoms with van der Waals surface area (Å²) in [7, 11) is 0. The number of anilines is 1. The maximum Gasteiger partial charge on any atom is 0.327 e. The van der Waals surface area contributed by atoms with E-state index in [9.17, 15) is 24.8 Å². The summed E-state index contributed by atoms with van der Waals surface area (Å²) in [4.78, 5) is 34.5. The molecule has 0 radical (unpaired) electrons. The number of carboxylic acid groups (broad SMARTS) is 1. The number of amides is 1. The molecule has 0 spiro atoms. The van der Waals surface area contributed by atoms with Gasteiger partial charge in [0, 0.05) is 29.7 Å². The number of aliphatic carboxylic acids is 1. The molecule has 1 aromatic carbocycles. The van der Waals surface area contributed by atoms with Crippen molar-refractivity contribution in [2.45, 2.75) is 6.04 Å². The predicted octanol–water partition coefficient (Wildman–Crippen LogP) is 0.700. The second kappa shape index (κ2) is 6.00. The van der Waals surface area contributed by atoms with E-state index in [1.165, 1.54) is 28.8 Å². The zero-order valence-corrected chi connectivity index (χ0v) is 11.7. The van der Waals surface area contributed by atoms with Gasteiger partial charge in [-0.1, -0.05) is 0 Å². The molecule has 112 valence electrons. The molecule has 0 aromatic heterocycles. The summed E-state index contributed by atoms with van der Waals surface area (Å²) in [5.41, 5.74) is 5.01. The molecular weight excluding hydrogens is 298 g/mol. The molecule has 1 amide bonds. The number of benzene rings is 1. The Morgan fingerprint density at radius 2 is 2.19 bits per heavy atom. The van der Waals surface area contributed by atoms with E-state index in [4.69, 9.17) is 5.73 Å². The van der Waals surface area contributed by atoms with Crippen molar-refractivity contribution in [3.8, 4) is 0 Å². The number of rotatable bonds is 4. The zero-order valence-electron chi connectivity index (χ0n) is 10.9. The molecule has 1 aromatic rings. The van der Waals surface area contributed by atoms with Gasteiger partial charge >= 0.3 is 5.97 Å². The molecule has 0 saturated carbocycles. The van der Waals surface area contributed by atoms with Crippen LogP contribution in [0.25, 0.3) is 0 Å². The van der Waals surface area contributed by atoms with Gasteiger partial charge in [0.05, 0.1) is 4.92 Å². The molecule has 1 aliphatic rings. The highest BCUT2D eigenvalue weighted by molar-refractivity contribution is 7.99. The number of nitrogens with two attached hydrogens (primary N) is 1. The van der Waals surface area contributed by atoms with E-state index >= 15 is 0 Å². The molecule has 2 rings (SSSR count). The molecule has 1 heterocycles. The van der Waals surface area contributed by atoms with Gasteiger partial charge < -0.3 is 15.7 Å². The number of carbonyl (C=O) groups is 2. The average molecular weight is 311 g/mol. The van der Waals surface area contributed by atoms with Crippen molar-refractivity contribution in [2.75, 3.05) is 23.0 Å². The van der Waals surface area contributed by atoms with Crippen LogP contribution in [0.4, 0.5) is 11.4 Å². The highest BCUT2D eigenvalue weighted by atomic mass is 32.2. The first kappa shape index (κ1) is 15.1. The maximum atomic E-state index is 11.3. The van der Waals surface area contributed by atoms with Crippen LogP contribution in [-0.2, 0) is 4.79 Å². The summed E-state index contributed by atoms with van der Waals surface area (Å²) in [5, 5.41) is 20.4. The summed E-state index contributed by atoms with van der Waals surface area (Å²) >= 11 is 1.49. The standard InChI is InChI=1S/C12H13N3O5S/c13-11(16)7-1-2-8(9(5-7)15(19)20)14-3-4-21-6-10(14)12(17)18/h1-2,5,10H,3-4,6H2,(H2,13,16)(H,17,18). The van der Waals surface area contributed by atoms with Gasteiger partial charge in [0.1, 0.15) is 11.7 Å². The highest BCUT2D eigenvalue weighted by Crippen LogP contribution is 2.33. The molecule has 1 atom stereocenters. The molecule has 9 heteroatoms. The van der Waals surface area contributed by atoms with Gasteiger partial charge in [-0.3, -0.25) is 14.9 Å². The molecular formula is C12H13N3O5S. The third kappa shape index (κ3) is 3.07. The van der Waals surface area contributed by atoms with Crippen LogP contribution in [0.15, 0.2) is 18.2 Å². The largest absolute Gasteiger partial charge is 0.480 e. The Bertz CT molecular complexity index is 607. The van der Waals surface area contributed by atoms with Crippen molar-refractivity contribution >= 4 is 35.0 Å². The summed E-state index contributed by atoms with van der Waals surface area (Å²) < 4.78 is 0. The van der Waals surface area contributed by atoms with Crippen molar-refractivity contribution in [2.24, 2.45) is 5.73 Å². The topological polar surface area (TPSA) is 127 Å². The van der Waals surface area contributed by atoms with Gasteiger partial charge in [-0.15, -0.1) is 0 Å². The zero-order chi connectivity index (χ0) is 15.6. The number of carbonyl (C=O) groups excluding carboxylic acids is 1. The van der Waals surface area contributed by atoms with Crippen LogP contribution in [0.1, 0.15) is 10.4 Å². The minimum Gasteiger partial charge on any atom is -0.480 e. The fraction of sp³-hybridized carbons (Fsp3) is 0.333. The fourth-order valence-electron chi connectivity index (χ4n) is 2.16. The van der Waals surface area contributed by atoms with Crippen molar-refractivity contribution in [1.82, 2.24) is 0 Å². The van der Waals surface area contributed by atoms with Crippen LogP contribution in [0.2, 0.25) is 0 Å². The fourth-order valence-corrected chi connectivity index (χ4v) is 3.20. The van der Waals surface area contributed by atoms with E-state index in [-0.39, 0.29) is 16.9 Å². The lowest BCUT2D eigenvalue weighted by molar-refractivity contribution is -0.384. The van der Waals surface area contributed by atoms with E-state index in [1.807, 2.05) is 0 Å². The quantitative estimate of drug-likeness (QED) is 0.619. The van der Waals surface area contributed by atoms with Gasteiger partial charge in [-0.05, 0) is 12.1 Å². The molecule has 1 aliphatic heterocycles. The number of thioether (sulfide) groups is 1. The van der Waals surface area contributed by atoms with Crippen LogP contribution >= 0.6 is 11.8 Å². The second-order valence-corrected chi connectivity index (χ2v) is 5.60. The van der Waals surface area contributed by atoms with Crippen LogP contribution in [-0.4, -0.2) is 46.0 Å². The van der Waals surface area contributed by atoms with E-state index in [1.54, 1.807) is 0 Å². The summed E-state index contributed by atoms with van der Waals surface area (Å²) in [6, 6.07) is 3.00. The minimum absolute atomic E-state index is 0.0173. The Morgan fingerprint density at radius 3 is 2.76 bits per heavy atom. The number of nitro groups is 1. The summed E-state index contributed by atoms with van der Waals surface area (Å²) in [6.07, 6.45) is 0. The minimum atomic E-state index is -1.03. The number of hydrogen-bond donors (Lipinski definition) is 2. The van der Waals surface area contributed by atoms with Crippen molar-refractivity contribution in [3.05, 3.63) is 33.9 Å². The van der Waals surface area contributed by atoms with E-state index in [0.29, 0.717) is 18.1 Å². The molecule has 1 unspecified atom stereocenters. The SMILES string of the molecule is NC(=O)c1ccc(N2CCSCC2C(=O)O)c([N+](=O)[O-])c1. The Kier molecular flexibility index (Phi) is 4.32. The van der Waals surface area contributed by atoms with Gasteiger partial charge in [0.2, 0.25) is 5.91 Å². The molecule has 3 N–H and O–H groups in total. The number of nitrogens with zero attached hydrogens (tertiary/aromatic N) is 2. The monoisotopic (exact) mass is 311 g/mol. The first-order valence-electron chi connectivity index (χ1n) is 6.07. The number of nitro benzene ring substituents is 1. The second-order valence-electron chi connectivity index (χ2n) is 4.45. The van der Waals surface area contributed by atoms with Crippen LogP contribution < -0.4 is 10.6 Å². The first-order chi connectivity index (χ1) is 9.91. The van der Waals surface area contributed by atoms with E-state index < -0.39 is 22.8 Å². The summed E-state index contributed by atoms with van der Waals surface area (Å²) in [6.45, 7) is 0.387. The van der Waals surface area contributed by atoms with Gasteiger partial charge in [-0.25, -0.2) is 4.79 Å². The lowest BCUT2D eigenvalue weighted by Gasteiger charge is -2.34. The van der Waals surface area contributed by atoms with Gasteiger partial charge in [-0.2, -0.15) is 11.8 Å². The first-order valence-corrected chi connectivity index (χ1v) is 7.22. The predicted molar refractivity (Wildman–Crippen MR) is 77.7 cm³/mol. The molecule has 0 aliphatic carbocycles. The van der Waals surface area contributed by atoms with E-state index in [0.717, 1.165) is 6.07 Å². The Labute approximate surface area is 124 Å². The van der Waals surface area contributed by atoms with Crippen LogP contribution in [0.3, 0.4) is 0 Å². The molecule has 1 saturated heterocycles. The molecule has 8 nitrogen and oxygen atoms in total. The Balaban J connectivity index is 2.48. The van der Waals surface area contributed by atoms with Gasteiger partial charge in [0.25, 0.3) is 5.69 Å². The number of primary amides is 1. The van der Waals surface area contributed by atoms with E-state index in [2.05, 4.69) is 0 Å². The van der Waals surface area contributed by atoms with Crippen LogP contribution in [0.5, 0.6) is 0 Å². The molecule has 21 heavy (non-hydrogen) atoms. The smallest absolute Gasteiger partial charge is 0.327 e. The Hall–Kier alpha value is -2.29. The lowest BCUT2D eigenvalue weighted by atomic mass is 10.1. The van der Waals surface area contributed by atoms with Crippen molar-refractivity contribution in [3.63, 3.8) is 0 Å². The third-order valence-electron chi connectivity index (χ3n) is 3.18. The molecule has 0 bridgehead atoms. The number of carboxylic acids is 1. The summed E-state index contributed by atoms with van der Waals surface area (Å²) in [5.74, 6) is -0.771. The lowest BCUT2D eigenvalue weighted by Crippen LogP contribution is -2.47. The molecule has 1 fully saturated rings. The van der Waals surface area contributed by atoms with Gasteiger partial charge in [0.15, 0.2) is 0 Å². The van der Waals surface area contributed by atoms with Crippen molar-refractivity contribution < 1.29 is 19.6 Å². The average Bonchev–Trinajstić information content (AvgIpc) is 2.46. The highest BCUT2D eigenvalue weighted by Gasteiger charge is 2.33. The number of hydrogen-bond acceptors (Lipinski definition) is 6.